The number of nitrogens with zero attached hydrogens (tertiary/aromatic N) is 1. The van der Waals surface area contributed by atoms with Gasteiger partial charge in [0.2, 0.25) is 5.91 Å². The van der Waals surface area contributed by atoms with Crippen LogP contribution in [0.2, 0.25) is 5.15 Å². The standard InChI is InChI=1S/C9H8ClFN2O/c10-9-8(11)6(1-2-12-9)5-3-7(14)13-4-5/h1-2,5H,3-4H2,(H,13,14). The van der Waals surface area contributed by atoms with Crippen LogP contribution in [-0.4, -0.2) is 17.4 Å². The SMILES string of the molecule is O=C1CC(c2ccnc(Cl)c2F)CN1. The van der Waals surface area contributed by atoms with Crippen LogP contribution in [0.15, 0.2) is 12.3 Å². The van der Waals surface area contributed by atoms with Crippen molar-refractivity contribution in [1.29, 1.82) is 0 Å². The average Bonchev–Trinajstić information content (AvgIpc) is 2.57. The normalized spacial score (nSPS) is 21.0. The smallest absolute Gasteiger partial charge is 0.220 e. The van der Waals surface area contributed by atoms with Crippen LogP contribution in [0.25, 0.3) is 0 Å². The summed E-state index contributed by atoms with van der Waals surface area (Å²) in [5.41, 5.74) is 0.461. The van der Waals surface area contributed by atoms with Gasteiger partial charge in [-0.3, -0.25) is 4.79 Å². The van der Waals surface area contributed by atoms with Crippen molar-refractivity contribution in [2.75, 3.05) is 6.54 Å². The molecule has 1 unspecified atom stereocenters. The summed E-state index contributed by atoms with van der Waals surface area (Å²) in [5.74, 6) is -0.694. The maximum absolute atomic E-state index is 13.4. The van der Waals surface area contributed by atoms with Gasteiger partial charge in [0.25, 0.3) is 0 Å². The number of halogens is 2. The van der Waals surface area contributed by atoms with E-state index in [4.69, 9.17) is 11.6 Å². The number of pyridine rings is 1. The van der Waals surface area contributed by atoms with E-state index in [-0.39, 0.29) is 17.0 Å². The summed E-state index contributed by atoms with van der Waals surface area (Å²) in [6, 6.07) is 1.56. The number of carbonyl (C=O) groups is 1. The molecule has 14 heavy (non-hydrogen) atoms. The van der Waals surface area contributed by atoms with Gasteiger partial charge in [0, 0.05) is 25.1 Å². The van der Waals surface area contributed by atoms with Crippen molar-refractivity contribution in [1.82, 2.24) is 10.3 Å². The highest BCUT2D eigenvalue weighted by Gasteiger charge is 2.26. The maximum Gasteiger partial charge on any atom is 0.220 e. The van der Waals surface area contributed by atoms with Gasteiger partial charge in [-0.2, -0.15) is 0 Å². The quantitative estimate of drug-likeness (QED) is 0.720. The van der Waals surface area contributed by atoms with E-state index in [0.29, 0.717) is 18.5 Å². The number of hydrogen-bond donors (Lipinski definition) is 1. The molecule has 3 nitrogen and oxygen atoms in total. The highest BCUT2D eigenvalue weighted by molar-refractivity contribution is 6.29. The van der Waals surface area contributed by atoms with Gasteiger partial charge in [0.1, 0.15) is 0 Å². The summed E-state index contributed by atoms with van der Waals surface area (Å²) in [6.45, 7) is 0.468. The third kappa shape index (κ3) is 1.57. The fraction of sp³-hybridized carbons (Fsp3) is 0.333. The highest BCUT2D eigenvalue weighted by atomic mass is 35.5. The van der Waals surface area contributed by atoms with E-state index in [1.807, 2.05) is 0 Å². The van der Waals surface area contributed by atoms with Crippen molar-refractivity contribution >= 4 is 17.5 Å². The first-order valence-electron chi connectivity index (χ1n) is 4.25. The lowest BCUT2D eigenvalue weighted by atomic mass is 9.99. The van der Waals surface area contributed by atoms with Crippen LogP contribution in [0.1, 0.15) is 17.9 Å². The van der Waals surface area contributed by atoms with Gasteiger partial charge in [0.15, 0.2) is 11.0 Å². The molecule has 0 radical (unpaired) electrons. The third-order valence-electron chi connectivity index (χ3n) is 2.29. The molecule has 1 aliphatic rings. The summed E-state index contributed by atoms with van der Waals surface area (Å²) < 4.78 is 13.4. The monoisotopic (exact) mass is 214 g/mol. The van der Waals surface area contributed by atoms with Crippen molar-refractivity contribution in [3.63, 3.8) is 0 Å². The summed E-state index contributed by atoms with van der Waals surface area (Å²) >= 11 is 5.54. The van der Waals surface area contributed by atoms with Crippen LogP contribution in [0.3, 0.4) is 0 Å². The zero-order chi connectivity index (χ0) is 10.1. The molecule has 1 N–H and O–H groups in total. The number of rotatable bonds is 1. The zero-order valence-electron chi connectivity index (χ0n) is 7.26. The Morgan fingerprint density at radius 3 is 3.07 bits per heavy atom. The lowest BCUT2D eigenvalue weighted by Crippen LogP contribution is -2.13. The molecule has 0 aliphatic carbocycles. The van der Waals surface area contributed by atoms with Crippen LogP contribution in [0, 0.1) is 5.82 Å². The zero-order valence-corrected chi connectivity index (χ0v) is 8.01. The highest BCUT2D eigenvalue weighted by Crippen LogP contribution is 2.27. The van der Waals surface area contributed by atoms with E-state index in [0.717, 1.165) is 0 Å². The molecule has 1 aromatic heterocycles. The van der Waals surface area contributed by atoms with Crippen LogP contribution in [-0.2, 0) is 4.79 Å². The molecule has 1 aliphatic heterocycles. The van der Waals surface area contributed by atoms with E-state index < -0.39 is 5.82 Å². The van der Waals surface area contributed by atoms with Crippen molar-refractivity contribution < 1.29 is 9.18 Å². The van der Waals surface area contributed by atoms with Crippen LogP contribution >= 0.6 is 11.6 Å². The Hall–Kier alpha value is -1.16. The van der Waals surface area contributed by atoms with E-state index in [9.17, 15) is 9.18 Å². The first kappa shape index (κ1) is 9.40. The predicted molar refractivity (Wildman–Crippen MR) is 49.6 cm³/mol. The minimum absolute atomic E-state index is 0.0534. The lowest BCUT2D eigenvalue weighted by molar-refractivity contribution is -0.119. The fourth-order valence-electron chi connectivity index (χ4n) is 1.57. The summed E-state index contributed by atoms with van der Waals surface area (Å²) in [7, 11) is 0. The Labute approximate surface area is 85.3 Å². The van der Waals surface area contributed by atoms with Gasteiger partial charge < -0.3 is 5.32 Å². The number of amides is 1. The van der Waals surface area contributed by atoms with Gasteiger partial charge in [-0.05, 0) is 11.6 Å². The molecule has 74 valence electrons. The second-order valence-corrected chi connectivity index (χ2v) is 3.57. The number of hydrogen-bond acceptors (Lipinski definition) is 2. The number of aromatic nitrogens is 1. The molecule has 0 spiro atoms. The van der Waals surface area contributed by atoms with E-state index in [1.165, 1.54) is 6.20 Å². The van der Waals surface area contributed by atoms with Crippen molar-refractivity contribution in [2.24, 2.45) is 0 Å². The largest absolute Gasteiger partial charge is 0.355 e. The summed E-state index contributed by atoms with van der Waals surface area (Å²) in [4.78, 5) is 14.6. The molecular weight excluding hydrogens is 207 g/mol. The Morgan fingerprint density at radius 1 is 1.64 bits per heavy atom. The average molecular weight is 215 g/mol. The van der Waals surface area contributed by atoms with Crippen molar-refractivity contribution in [2.45, 2.75) is 12.3 Å². The Morgan fingerprint density at radius 2 is 2.43 bits per heavy atom. The fourth-order valence-corrected chi connectivity index (χ4v) is 1.74. The van der Waals surface area contributed by atoms with E-state index in [2.05, 4.69) is 10.3 Å². The van der Waals surface area contributed by atoms with Gasteiger partial charge in [-0.1, -0.05) is 11.6 Å². The van der Waals surface area contributed by atoms with Gasteiger partial charge >= 0.3 is 0 Å². The molecule has 0 saturated carbocycles. The van der Waals surface area contributed by atoms with Crippen LogP contribution in [0.5, 0.6) is 0 Å². The number of carbonyl (C=O) groups excluding carboxylic acids is 1. The molecule has 5 heteroatoms. The Balaban J connectivity index is 2.32. The van der Waals surface area contributed by atoms with Gasteiger partial charge in [-0.25, -0.2) is 9.37 Å². The van der Waals surface area contributed by atoms with Gasteiger partial charge in [-0.15, -0.1) is 0 Å². The molecule has 1 fully saturated rings. The molecule has 1 saturated heterocycles. The van der Waals surface area contributed by atoms with Gasteiger partial charge in [0.05, 0.1) is 0 Å². The molecule has 2 heterocycles. The Kier molecular flexibility index (Phi) is 2.37. The minimum Gasteiger partial charge on any atom is -0.355 e. The predicted octanol–water partition coefficient (Wildman–Crippen LogP) is 1.48. The minimum atomic E-state index is -0.518. The molecule has 0 bridgehead atoms. The van der Waals surface area contributed by atoms with Crippen LogP contribution < -0.4 is 5.32 Å². The lowest BCUT2D eigenvalue weighted by Gasteiger charge is -2.08. The third-order valence-corrected chi connectivity index (χ3v) is 2.56. The molecule has 1 aromatic rings. The molecule has 2 rings (SSSR count). The second-order valence-electron chi connectivity index (χ2n) is 3.21. The van der Waals surface area contributed by atoms with Crippen LogP contribution in [0.4, 0.5) is 4.39 Å². The molecule has 0 aromatic carbocycles. The second kappa shape index (κ2) is 3.53. The summed E-state index contributed by atoms with van der Waals surface area (Å²) in [6.07, 6.45) is 1.76. The first-order valence-corrected chi connectivity index (χ1v) is 4.63. The topological polar surface area (TPSA) is 42.0 Å². The summed E-state index contributed by atoms with van der Waals surface area (Å²) in [5, 5.41) is 2.51. The van der Waals surface area contributed by atoms with E-state index in [1.54, 1.807) is 6.07 Å². The van der Waals surface area contributed by atoms with Crippen molar-refractivity contribution in [3.05, 3.63) is 28.8 Å². The maximum atomic E-state index is 13.4. The Bertz CT molecular complexity index is 383. The molecule has 1 amide bonds. The molecular formula is C9H8ClFN2O. The van der Waals surface area contributed by atoms with E-state index >= 15 is 0 Å². The van der Waals surface area contributed by atoms with Crippen molar-refractivity contribution in [3.8, 4) is 0 Å². The first-order chi connectivity index (χ1) is 6.68. The number of nitrogens with one attached hydrogen (secondary N) is 1. The molecule has 1 atom stereocenters.